The Kier molecular flexibility index (Phi) is 6.47. The van der Waals surface area contributed by atoms with Crippen molar-refractivity contribution in [3.8, 4) is 0 Å². The lowest BCUT2D eigenvalue weighted by molar-refractivity contribution is -0.147. The van der Waals surface area contributed by atoms with Crippen molar-refractivity contribution in [3.05, 3.63) is 11.8 Å². The molecule has 1 aliphatic carbocycles. The number of nitrogens with zero attached hydrogens (tertiary/aromatic N) is 4. The number of carbonyl (C=O) groups is 4. The minimum Gasteiger partial charge on any atom is -0.462 e. The molecule has 11 heteroatoms. The van der Waals surface area contributed by atoms with Crippen molar-refractivity contribution in [2.75, 3.05) is 44.6 Å². The molecule has 2 N–H and O–H groups in total. The molecular weight excluding hydrogens is 380 g/mol. The molecule has 0 aromatic carbocycles. The Hall–Kier alpha value is -2.95. The van der Waals surface area contributed by atoms with Gasteiger partial charge in [-0.2, -0.15) is 5.10 Å². The Bertz CT molecular complexity index is 795. The van der Waals surface area contributed by atoms with E-state index in [-0.39, 0.29) is 36.5 Å². The first-order valence-electron chi connectivity index (χ1n) is 9.70. The van der Waals surface area contributed by atoms with Gasteiger partial charge >= 0.3 is 17.8 Å². The van der Waals surface area contributed by atoms with Crippen molar-refractivity contribution in [2.45, 2.75) is 25.8 Å². The second-order valence-electron chi connectivity index (χ2n) is 7.12. The second kappa shape index (κ2) is 9.03. The zero-order valence-electron chi connectivity index (χ0n) is 16.6. The molecule has 1 aliphatic heterocycles. The van der Waals surface area contributed by atoms with Crippen LogP contribution in [0.5, 0.6) is 0 Å². The molecule has 3 amide bonds. The molecule has 1 aromatic heterocycles. The van der Waals surface area contributed by atoms with Crippen molar-refractivity contribution in [1.82, 2.24) is 24.9 Å². The van der Waals surface area contributed by atoms with E-state index >= 15 is 0 Å². The average molecular weight is 406 g/mol. The average Bonchev–Trinajstić information content (AvgIpc) is 3.44. The van der Waals surface area contributed by atoms with Crippen molar-refractivity contribution in [3.63, 3.8) is 0 Å². The van der Waals surface area contributed by atoms with Gasteiger partial charge in [-0.25, -0.2) is 4.79 Å². The van der Waals surface area contributed by atoms with Gasteiger partial charge in [-0.1, -0.05) is 0 Å². The van der Waals surface area contributed by atoms with Crippen LogP contribution < -0.4 is 10.6 Å². The number of hydrogen-bond acceptors (Lipinski definition) is 7. The second-order valence-corrected chi connectivity index (χ2v) is 7.12. The van der Waals surface area contributed by atoms with Crippen molar-refractivity contribution < 1.29 is 23.9 Å². The van der Waals surface area contributed by atoms with Crippen LogP contribution in [0.15, 0.2) is 6.20 Å². The normalized spacial score (nSPS) is 17.0. The van der Waals surface area contributed by atoms with E-state index in [2.05, 4.69) is 15.7 Å². The van der Waals surface area contributed by atoms with Gasteiger partial charge in [0, 0.05) is 39.3 Å². The fraction of sp³-hybridized carbons (Fsp3) is 0.611. The molecule has 3 rings (SSSR count). The number of aromatic nitrogens is 2. The van der Waals surface area contributed by atoms with Crippen molar-refractivity contribution in [2.24, 2.45) is 7.05 Å². The van der Waals surface area contributed by atoms with E-state index in [4.69, 9.17) is 4.74 Å². The third kappa shape index (κ3) is 5.31. The SMILES string of the molecule is CCOC(=O)c1cnn(C)c1NC(=O)CN1CCN(C(=O)C(=O)NC2CC2)CC1. The van der Waals surface area contributed by atoms with Gasteiger partial charge in [0.2, 0.25) is 5.91 Å². The summed E-state index contributed by atoms with van der Waals surface area (Å²) in [6.45, 7) is 3.74. The molecule has 0 spiro atoms. The zero-order chi connectivity index (χ0) is 21.0. The molecule has 0 bridgehead atoms. The Morgan fingerprint density at radius 3 is 2.48 bits per heavy atom. The number of amides is 3. The number of ether oxygens (including phenoxy) is 1. The lowest BCUT2D eigenvalue weighted by Gasteiger charge is -2.33. The van der Waals surface area contributed by atoms with Gasteiger partial charge in [0.25, 0.3) is 0 Å². The summed E-state index contributed by atoms with van der Waals surface area (Å²) >= 11 is 0. The molecule has 2 aliphatic rings. The summed E-state index contributed by atoms with van der Waals surface area (Å²) in [5, 5.41) is 9.39. The van der Waals surface area contributed by atoms with Crippen LogP contribution in [0.25, 0.3) is 0 Å². The monoisotopic (exact) mass is 406 g/mol. The predicted molar refractivity (Wildman–Crippen MR) is 102 cm³/mol. The maximum absolute atomic E-state index is 12.4. The number of nitrogens with one attached hydrogen (secondary N) is 2. The van der Waals surface area contributed by atoms with E-state index in [1.807, 2.05) is 4.90 Å². The molecule has 2 heterocycles. The van der Waals surface area contributed by atoms with Crippen LogP contribution in [-0.4, -0.2) is 88.6 Å². The molecule has 158 valence electrons. The van der Waals surface area contributed by atoms with E-state index in [1.165, 1.54) is 15.8 Å². The Balaban J connectivity index is 1.48. The zero-order valence-corrected chi connectivity index (χ0v) is 16.6. The smallest absolute Gasteiger partial charge is 0.343 e. The predicted octanol–water partition coefficient (Wildman–Crippen LogP) is -1.04. The van der Waals surface area contributed by atoms with Gasteiger partial charge in [0.05, 0.1) is 19.3 Å². The van der Waals surface area contributed by atoms with Crippen molar-refractivity contribution in [1.29, 1.82) is 0 Å². The van der Waals surface area contributed by atoms with Gasteiger partial charge < -0.3 is 20.3 Å². The minimum atomic E-state index is -0.554. The Morgan fingerprint density at radius 2 is 1.86 bits per heavy atom. The van der Waals surface area contributed by atoms with E-state index in [1.54, 1.807) is 14.0 Å². The van der Waals surface area contributed by atoms with Gasteiger partial charge in [-0.3, -0.25) is 24.0 Å². The third-order valence-electron chi connectivity index (χ3n) is 4.83. The summed E-state index contributed by atoms with van der Waals surface area (Å²) in [4.78, 5) is 51.8. The van der Waals surface area contributed by atoms with Crippen LogP contribution in [-0.2, 0) is 26.2 Å². The number of anilines is 1. The molecule has 0 unspecified atom stereocenters. The van der Waals surface area contributed by atoms with Crippen LogP contribution >= 0.6 is 0 Å². The summed E-state index contributed by atoms with van der Waals surface area (Å²) in [6.07, 6.45) is 3.21. The first-order valence-corrected chi connectivity index (χ1v) is 9.70. The van der Waals surface area contributed by atoms with Gasteiger partial charge in [-0.15, -0.1) is 0 Å². The topological polar surface area (TPSA) is 126 Å². The number of hydrogen-bond donors (Lipinski definition) is 2. The van der Waals surface area contributed by atoms with E-state index < -0.39 is 17.8 Å². The third-order valence-corrected chi connectivity index (χ3v) is 4.83. The highest BCUT2D eigenvalue weighted by Crippen LogP contribution is 2.18. The van der Waals surface area contributed by atoms with Crippen LogP contribution in [0.2, 0.25) is 0 Å². The standard InChI is InChI=1S/C18H26N6O5/c1-3-29-18(28)13-10-19-22(2)15(13)21-14(25)11-23-6-8-24(9-7-23)17(27)16(26)20-12-4-5-12/h10,12H,3-9,11H2,1-2H3,(H,20,26)(H,21,25). The van der Waals surface area contributed by atoms with Gasteiger partial charge in [-0.05, 0) is 19.8 Å². The number of aryl methyl sites for hydroxylation is 1. The minimum absolute atomic E-state index is 0.101. The molecule has 1 aromatic rings. The van der Waals surface area contributed by atoms with Crippen LogP contribution in [0, 0.1) is 0 Å². The molecule has 1 saturated carbocycles. The fourth-order valence-electron chi connectivity index (χ4n) is 3.05. The molecule has 0 radical (unpaired) electrons. The highest BCUT2D eigenvalue weighted by molar-refractivity contribution is 6.35. The van der Waals surface area contributed by atoms with Crippen LogP contribution in [0.3, 0.4) is 0 Å². The number of rotatable bonds is 6. The molecule has 0 atom stereocenters. The van der Waals surface area contributed by atoms with Crippen LogP contribution in [0.1, 0.15) is 30.1 Å². The van der Waals surface area contributed by atoms with Crippen LogP contribution in [0.4, 0.5) is 5.82 Å². The highest BCUT2D eigenvalue weighted by Gasteiger charge is 2.31. The lowest BCUT2D eigenvalue weighted by Crippen LogP contribution is -2.53. The summed E-state index contributed by atoms with van der Waals surface area (Å²) < 4.78 is 6.37. The number of esters is 1. The molecule has 29 heavy (non-hydrogen) atoms. The summed E-state index contributed by atoms with van der Waals surface area (Å²) in [6, 6.07) is 0.142. The molecule has 2 fully saturated rings. The number of carbonyl (C=O) groups excluding carboxylic acids is 4. The lowest BCUT2D eigenvalue weighted by atomic mass is 10.3. The maximum Gasteiger partial charge on any atom is 0.343 e. The van der Waals surface area contributed by atoms with Gasteiger partial charge in [0.1, 0.15) is 11.4 Å². The first kappa shape index (κ1) is 20.8. The molecule has 11 nitrogen and oxygen atoms in total. The summed E-state index contributed by atoms with van der Waals surface area (Å²) in [5.41, 5.74) is 0.194. The summed E-state index contributed by atoms with van der Waals surface area (Å²) in [7, 11) is 1.62. The Morgan fingerprint density at radius 1 is 1.17 bits per heavy atom. The summed E-state index contributed by atoms with van der Waals surface area (Å²) in [5.74, 6) is -1.65. The quantitative estimate of drug-likeness (QED) is 0.456. The highest BCUT2D eigenvalue weighted by atomic mass is 16.5. The molecule has 1 saturated heterocycles. The van der Waals surface area contributed by atoms with E-state index in [9.17, 15) is 19.2 Å². The largest absolute Gasteiger partial charge is 0.462 e. The molecular formula is C18H26N6O5. The fourth-order valence-corrected chi connectivity index (χ4v) is 3.05. The Labute approximate surface area is 168 Å². The van der Waals surface area contributed by atoms with Gasteiger partial charge in [0.15, 0.2) is 0 Å². The van der Waals surface area contributed by atoms with Crippen molar-refractivity contribution >= 4 is 29.5 Å². The maximum atomic E-state index is 12.4. The van der Waals surface area contributed by atoms with E-state index in [0.29, 0.717) is 26.2 Å². The van der Waals surface area contributed by atoms with E-state index in [0.717, 1.165) is 12.8 Å². The first-order chi connectivity index (χ1) is 13.9. The number of piperazine rings is 1.